The van der Waals surface area contributed by atoms with Gasteiger partial charge >= 0.3 is 0 Å². The highest BCUT2D eigenvalue weighted by molar-refractivity contribution is 14.1. The Morgan fingerprint density at radius 3 is 2.81 bits per heavy atom. The van der Waals surface area contributed by atoms with Crippen LogP contribution in [0.15, 0.2) is 23.4 Å². The van der Waals surface area contributed by atoms with Gasteiger partial charge in [-0.1, -0.05) is 11.8 Å². The van der Waals surface area contributed by atoms with Crippen LogP contribution < -0.4 is 10.5 Å². The average molecular weight is 414 g/mol. The number of methoxy groups -OCH3 is 1. The molecule has 21 heavy (non-hydrogen) atoms. The second-order valence-corrected chi connectivity index (χ2v) is 6.08. The fourth-order valence-electron chi connectivity index (χ4n) is 1.85. The van der Waals surface area contributed by atoms with Crippen LogP contribution in [-0.2, 0) is 0 Å². The molecule has 1 aromatic carbocycles. The number of hydrogen-bond donors (Lipinski definition) is 1. The van der Waals surface area contributed by atoms with Gasteiger partial charge in [-0.3, -0.25) is 0 Å². The fraction of sp³-hybridized carbons (Fsp3) is 0.167. The van der Waals surface area contributed by atoms with Crippen LogP contribution in [0, 0.1) is 3.57 Å². The molecule has 0 aliphatic heterocycles. The predicted molar refractivity (Wildman–Crippen MR) is 89.5 cm³/mol. The van der Waals surface area contributed by atoms with Gasteiger partial charge in [0.1, 0.15) is 5.75 Å². The van der Waals surface area contributed by atoms with Crippen molar-refractivity contribution < 1.29 is 4.74 Å². The van der Waals surface area contributed by atoms with E-state index in [2.05, 4.69) is 42.6 Å². The van der Waals surface area contributed by atoms with E-state index in [1.807, 2.05) is 24.5 Å². The summed E-state index contributed by atoms with van der Waals surface area (Å²) in [4.78, 5) is 12.9. The molecule has 0 spiro atoms. The number of anilines is 1. The Labute approximate surface area is 138 Å². The molecule has 0 fully saturated rings. The Kier molecular flexibility index (Phi) is 3.85. The third kappa shape index (κ3) is 2.62. The summed E-state index contributed by atoms with van der Waals surface area (Å²) < 4.78 is 7.85. The van der Waals surface area contributed by atoms with Crippen LogP contribution in [-0.4, -0.2) is 37.9 Å². The quantitative estimate of drug-likeness (QED) is 0.519. The molecular weight excluding hydrogens is 403 g/mol. The summed E-state index contributed by atoms with van der Waals surface area (Å²) in [6.45, 7) is 0. The molecular formula is C12H11IN6OS. The van der Waals surface area contributed by atoms with E-state index in [1.165, 1.54) is 16.3 Å². The molecule has 2 N–H and O–H groups in total. The average Bonchev–Trinajstić information content (AvgIpc) is 2.91. The largest absolute Gasteiger partial charge is 0.496 e. The summed E-state index contributed by atoms with van der Waals surface area (Å²) in [5.41, 5.74) is 6.68. The second-order valence-electron chi connectivity index (χ2n) is 4.06. The van der Waals surface area contributed by atoms with Crippen molar-refractivity contribution in [2.45, 2.75) is 5.16 Å². The Bertz CT molecular complexity index is 821. The number of nitrogen functional groups attached to an aromatic ring is 1. The maximum absolute atomic E-state index is 5.89. The first-order chi connectivity index (χ1) is 10.1. The number of thioether (sulfide) groups is 1. The lowest BCUT2D eigenvalue weighted by Crippen LogP contribution is -2.04. The van der Waals surface area contributed by atoms with Gasteiger partial charge in [-0.2, -0.15) is 19.5 Å². The molecule has 0 saturated carbocycles. The molecule has 0 saturated heterocycles. The Morgan fingerprint density at radius 1 is 1.29 bits per heavy atom. The monoisotopic (exact) mass is 414 g/mol. The number of nitrogens with two attached hydrogens (primary N) is 1. The zero-order chi connectivity index (χ0) is 15.0. The van der Waals surface area contributed by atoms with E-state index in [0.717, 1.165) is 9.13 Å². The van der Waals surface area contributed by atoms with Crippen LogP contribution in [0.5, 0.6) is 5.75 Å². The summed E-state index contributed by atoms with van der Waals surface area (Å²) in [5.74, 6) is 1.88. The molecule has 0 atom stereocenters. The maximum Gasteiger partial charge on any atom is 0.258 e. The maximum atomic E-state index is 5.89. The van der Waals surface area contributed by atoms with Gasteiger partial charge in [0.2, 0.25) is 5.95 Å². The first-order valence-electron chi connectivity index (χ1n) is 5.90. The molecule has 3 rings (SSSR count). The zero-order valence-electron chi connectivity index (χ0n) is 11.2. The summed E-state index contributed by atoms with van der Waals surface area (Å²) in [7, 11) is 1.61. The summed E-state index contributed by atoms with van der Waals surface area (Å²) in [6, 6.07) is 5.79. The highest BCUT2D eigenvalue weighted by atomic mass is 127. The van der Waals surface area contributed by atoms with Gasteiger partial charge in [-0.05, 0) is 47.0 Å². The second kappa shape index (κ2) is 5.64. The van der Waals surface area contributed by atoms with Crippen LogP contribution in [0.1, 0.15) is 0 Å². The van der Waals surface area contributed by atoms with Crippen LogP contribution in [0.4, 0.5) is 5.95 Å². The van der Waals surface area contributed by atoms with Gasteiger partial charge in [-0.15, -0.1) is 5.10 Å². The van der Waals surface area contributed by atoms with Crippen molar-refractivity contribution >= 4 is 46.1 Å². The van der Waals surface area contributed by atoms with Crippen molar-refractivity contribution in [3.8, 4) is 17.1 Å². The third-order valence-corrected chi connectivity index (χ3v) is 4.02. The molecule has 0 aliphatic rings. The summed E-state index contributed by atoms with van der Waals surface area (Å²) in [6.07, 6.45) is 1.88. The van der Waals surface area contributed by atoms with Crippen LogP contribution in [0.25, 0.3) is 17.2 Å². The number of rotatable bonds is 3. The molecule has 7 nitrogen and oxygen atoms in total. The first kappa shape index (κ1) is 14.3. The minimum Gasteiger partial charge on any atom is -0.496 e. The van der Waals surface area contributed by atoms with Crippen LogP contribution >= 0.6 is 34.4 Å². The van der Waals surface area contributed by atoms with E-state index < -0.39 is 0 Å². The van der Waals surface area contributed by atoms with Crippen molar-refractivity contribution in [3.05, 3.63) is 21.8 Å². The summed E-state index contributed by atoms with van der Waals surface area (Å²) >= 11 is 3.63. The molecule has 2 aromatic heterocycles. The van der Waals surface area contributed by atoms with E-state index >= 15 is 0 Å². The SMILES string of the molecule is COc1ccc(I)cc1-c1nc2nc(SC)nc(N)n2n1. The Morgan fingerprint density at radius 2 is 2.10 bits per heavy atom. The normalized spacial score (nSPS) is 11.0. The summed E-state index contributed by atoms with van der Waals surface area (Å²) in [5, 5.41) is 4.93. The molecule has 0 radical (unpaired) electrons. The zero-order valence-corrected chi connectivity index (χ0v) is 14.2. The van der Waals surface area contributed by atoms with Crippen molar-refractivity contribution in [3.63, 3.8) is 0 Å². The Hall–Kier alpha value is -1.62. The molecule has 2 heterocycles. The molecule has 9 heteroatoms. The highest BCUT2D eigenvalue weighted by Crippen LogP contribution is 2.29. The van der Waals surface area contributed by atoms with Gasteiger partial charge in [0.25, 0.3) is 5.78 Å². The molecule has 0 aliphatic carbocycles. The number of fused-ring (bicyclic) bond motifs is 1. The minimum atomic E-state index is 0.257. The van der Waals surface area contributed by atoms with Crippen molar-refractivity contribution in [2.75, 3.05) is 19.1 Å². The van der Waals surface area contributed by atoms with Gasteiger partial charge in [-0.25, -0.2) is 0 Å². The van der Waals surface area contributed by atoms with Gasteiger partial charge in [0.05, 0.1) is 12.7 Å². The highest BCUT2D eigenvalue weighted by Gasteiger charge is 2.15. The standard InChI is InChI=1S/C12H11IN6OS/c1-20-8-4-3-6(13)5-7(8)9-15-11-17-12(21-2)16-10(14)19(11)18-9/h3-5H,1-2H3,(H2,14,15,16,17,18). The lowest BCUT2D eigenvalue weighted by molar-refractivity contribution is 0.416. The van der Waals surface area contributed by atoms with Gasteiger partial charge < -0.3 is 10.5 Å². The van der Waals surface area contributed by atoms with E-state index in [9.17, 15) is 0 Å². The number of hydrogen-bond acceptors (Lipinski definition) is 7. The van der Waals surface area contributed by atoms with E-state index in [1.54, 1.807) is 7.11 Å². The minimum absolute atomic E-state index is 0.257. The molecule has 0 unspecified atom stereocenters. The topological polar surface area (TPSA) is 91.2 Å². The molecule has 108 valence electrons. The van der Waals surface area contributed by atoms with Crippen molar-refractivity contribution in [1.29, 1.82) is 0 Å². The smallest absolute Gasteiger partial charge is 0.258 e. The molecule has 0 amide bonds. The van der Waals surface area contributed by atoms with Gasteiger partial charge in [0.15, 0.2) is 11.0 Å². The molecule has 3 aromatic rings. The van der Waals surface area contributed by atoms with Crippen LogP contribution in [0.2, 0.25) is 0 Å². The molecule has 0 bridgehead atoms. The number of nitrogens with zero attached hydrogens (tertiary/aromatic N) is 5. The van der Waals surface area contributed by atoms with E-state index in [-0.39, 0.29) is 5.95 Å². The third-order valence-electron chi connectivity index (χ3n) is 2.80. The first-order valence-corrected chi connectivity index (χ1v) is 8.21. The van der Waals surface area contributed by atoms with Gasteiger partial charge in [0, 0.05) is 3.57 Å². The van der Waals surface area contributed by atoms with Crippen molar-refractivity contribution in [1.82, 2.24) is 24.6 Å². The van der Waals surface area contributed by atoms with E-state index in [4.69, 9.17) is 10.5 Å². The van der Waals surface area contributed by atoms with Crippen LogP contribution in [0.3, 0.4) is 0 Å². The predicted octanol–water partition coefficient (Wildman–Crippen LogP) is 2.10. The Balaban J connectivity index is 2.22. The number of halogens is 1. The van der Waals surface area contributed by atoms with E-state index in [0.29, 0.717) is 22.5 Å². The lowest BCUT2D eigenvalue weighted by atomic mass is 10.2. The fourth-order valence-corrected chi connectivity index (χ4v) is 2.70. The van der Waals surface area contributed by atoms with Crippen molar-refractivity contribution in [2.24, 2.45) is 0 Å². The number of ether oxygens (including phenoxy) is 1. The number of aromatic nitrogens is 5. The lowest BCUT2D eigenvalue weighted by Gasteiger charge is -2.05. The number of benzene rings is 1.